The average molecular weight is 376 g/mol. The van der Waals surface area contributed by atoms with Crippen LogP contribution in [0, 0.1) is 0 Å². The number of aromatic hydroxyl groups is 1. The number of anilines is 1. The molecule has 2 aromatic rings. The normalized spacial score (nSPS) is 16.6. The van der Waals surface area contributed by atoms with Gasteiger partial charge in [0.25, 0.3) is 11.1 Å². The van der Waals surface area contributed by atoms with Crippen molar-refractivity contribution < 1.29 is 14.7 Å². The third kappa shape index (κ3) is 2.93. The monoisotopic (exact) mass is 375 g/mol. The van der Waals surface area contributed by atoms with Crippen molar-refractivity contribution >= 4 is 50.6 Å². The van der Waals surface area contributed by atoms with Crippen LogP contribution in [0.15, 0.2) is 57.9 Å². The lowest BCUT2D eigenvalue weighted by molar-refractivity contribution is -0.113. The van der Waals surface area contributed by atoms with Gasteiger partial charge < -0.3 is 5.11 Å². The van der Waals surface area contributed by atoms with E-state index >= 15 is 0 Å². The Morgan fingerprint density at radius 3 is 2.27 bits per heavy atom. The van der Waals surface area contributed by atoms with Gasteiger partial charge in [-0.15, -0.1) is 0 Å². The molecule has 0 radical (unpaired) electrons. The Labute approximate surface area is 139 Å². The van der Waals surface area contributed by atoms with Crippen molar-refractivity contribution in [1.82, 2.24) is 0 Å². The van der Waals surface area contributed by atoms with Gasteiger partial charge in [0.1, 0.15) is 5.75 Å². The van der Waals surface area contributed by atoms with Gasteiger partial charge >= 0.3 is 0 Å². The predicted molar refractivity (Wildman–Crippen MR) is 90.7 cm³/mol. The molecule has 4 nitrogen and oxygen atoms in total. The summed E-state index contributed by atoms with van der Waals surface area (Å²) in [5.41, 5.74) is 1.29. The second-order valence-electron chi connectivity index (χ2n) is 4.59. The molecule has 3 rings (SSSR count). The number of carbonyl (C=O) groups is 2. The largest absolute Gasteiger partial charge is 0.508 e. The van der Waals surface area contributed by atoms with Crippen LogP contribution < -0.4 is 4.90 Å². The summed E-state index contributed by atoms with van der Waals surface area (Å²) in [4.78, 5) is 26.0. The number of rotatable bonds is 2. The van der Waals surface area contributed by atoms with Crippen LogP contribution in [0.5, 0.6) is 5.75 Å². The van der Waals surface area contributed by atoms with E-state index < -0.39 is 0 Å². The zero-order valence-electron chi connectivity index (χ0n) is 11.2. The Bertz CT molecular complexity index is 769. The van der Waals surface area contributed by atoms with Crippen LogP contribution >= 0.6 is 27.7 Å². The Morgan fingerprint density at radius 1 is 1.00 bits per heavy atom. The number of hydrogen-bond acceptors (Lipinski definition) is 4. The number of hydrogen-bond donors (Lipinski definition) is 1. The van der Waals surface area contributed by atoms with Crippen molar-refractivity contribution in [2.45, 2.75) is 0 Å². The topological polar surface area (TPSA) is 57.6 Å². The highest BCUT2D eigenvalue weighted by Gasteiger charge is 2.36. The van der Waals surface area contributed by atoms with Crippen LogP contribution in [-0.2, 0) is 4.79 Å². The van der Waals surface area contributed by atoms with Crippen LogP contribution in [0.25, 0.3) is 6.08 Å². The molecule has 0 aromatic heterocycles. The molecule has 1 fully saturated rings. The van der Waals surface area contributed by atoms with Gasteiger partial charge in [0.05, 0.1) is 10.6 Å². The highest BCUT2D eigenvalue weighted by Crippen LogP contribution is 2.36. The van der Waals surface area contributed by atoms with Crippen molar-refractivity contribution in [3.8, 4) is 5.75 Å². The van der Waals surface area contributed by atoms with Gasteiger partial charge in [0.2, 0.25) is 0 Å². The summed E-state index contributed by atoms with van der Waals surface area (Å²) < 4.78 is 0.946. The minimum atomic E-state index is -0.358. The maximum atomic E-state index is 12.4. The number of thioether (sulfide) groups is 1. The zero-order chi connectivity index (χ0) is 15.7. The first-order chi connectivity index (χ1) is 10.5. The average Bonchev–Trinajstić information content (AvgIpc) is 2.77. The molecule has 0 aliphatic carbocycles. The Hall–Kier alpha value is -2.05. The van der Waals surface area contributed by atoms with E-state index in [1.54, 1.807) is 6.08 Å². The number of amides is 2. The third-order valence-electron chi connectivity index (χ3n) is 3.07. The van der Waals surface area contributed by atoms with Crippen molar-refractivity contribution in [2.24, 2.45) is 0 Å². The lowest BCUT2D eigenvalue weighted by Crippen LogP contribution is -2.27. The fourth-order valence-electron chi connectivity index (χ4n) is 2.00. The second kappa shape index (κ2) is 5.98. The van der Waals surface area contributed by atoms with E-state index in [0.717, 1.165) is 26.7 Å². The highest BCUT2D eigenvalue weighted by atomic mass is 79.9. The van der Waals surface area contributed by atoms with E-state index in [-0.39, 0.29) is 16.9 Å². The summed E-state index contributed by atoms with van der Waals surface area (Å²) in [6.45, 7) is 0. The molecule has 2 amide bonds. The fraction of sp³-hybridized carbons (Fsp3) is 0. The highest BCUT2D eigenvalue weighted by molar-refractivity contribution is 9.10. The molecular formula is C16H10BrNO3S. The lowest BCUT2D eigenvalue weighted by atomic mass is 10.2. The van der Waals surface area contributed by atoms with Crippen molar-refractivity contribution in [3.63, 3.8) is 0 Å². The summed E-state index contributed by atoms with van der Waals surface area (Å²) in [6.07, 6.45) is 1.69. The standard InChI is InChI=1S/C16H10BrNO3S/c17-11-3-1-10(2-4-11)9-14-15(20)18(16(21)22-14)12-5-7-13(19)8-6-12/h1-9,19H/b14-9-. The molecule has 0 spiro atoms. The van der Waals surface area contributed by atoms with Gasteiger partial charge in [-0.05, 0) is 59.8 Å². The van der Waals surface area contributed by atoms with Gasteiger partial charge in [-0.1, -0.05) is 28.1 Å². The summed E-state index contributed by atoms with van der Waals surface area (Å²) in [5, 5.41) is 8.94. The van der Waals surface area contributed by atoms with E-state index in [0.29, 0.717) is 10.6 Å². The molecular weight excluding hydrogens is 366 g/mol. The molecule has 1 saturated heterocycles. The molecule has 0 bridgehead atoms. The number of carbonyl (C=O) groups excluding carboxylic acids is 2. The molecule has 1 heterocycles. The quantitative estimate of drug-likeness (QED) is 0.790. The van der Waals surface area contributed by atoms with Crippen LogP contribution in [-0.4, -0.2) is 16.3 Å². The van der Waals surface area contributed by atoms with E-state index in [1.165, 1.54) is 24.3 Å². The van der Waals surface area contributed by atoms with E-state index in [2.05, 4.69) is 15.9 Å². The molecule has 110 valence electrons. The Kier molecular flexibility index (Phi) is 4.04. The van der Waals surface area contributed by atoms with Crippen LogP contribution in [0.2, 0.25) is 0 Å². The molecule has 1 aliphatic heterocycles. The third-order valence-corrected chi connectivity index (χ3v) is 4.47. The number of nitrogens with zero attached hydrogens (tertiary/aromatic N) is 1. The van der Waals surface area contributed by atoms with Crippen LogP contribution in [0.1, 0.15) is 5.56 Å². The molecule has 0 saturated carbocycles. The molecule has 0 unspecified atom stereocenters. The van der Waals surface area contributed by atoms with Crippen molar-refractivity contribution in [1.29, 1.82) is 0 Å². The SMILES string of the molecule is O=C1S/C(=C\c2ccc(Br)cc2)C(=O)N1c1ccc(O)cc1. The van der Waals surface area contributed by atoms with Crippen LogP contribution in [0.3, 0.4) is 0 Å². The molecule has 6 heteroatoms. The number of phenolic OH excluding ortho intramolecular Hbond substituents is 1. The molecule has 2 aromatic carbocycles. The Balaban J connectivity index is 1.91. The summed E-state index contributed by atoms with van der Waals surface area (Å²) >= 11 is 4.25. The Morgan fingerprint density at radius 2 is 1.64 bits per heavy atom. The van der Waals surface area contributed by atoms with E-state index in [9.17, 15) is 14.7 Å². The van der Waals surface area contributed by atoms with Crippen LogP contribution in [0.4, 0.5) is 10.5 Å². The van der Waals surface area contributed by atoms with Crippen molar-refractivity contribution in [2.75, 3.05) is 4.90 Å². The van der Waals surface area contributed by atoms with E-state index in [1.807, 2.05) is 24.3 Å². The van der Waals surface area contributed by atoms with E-state index in [4.69, 9.17) is 0 Å². The maximum Gasteiger partial charge on any atom is 0.298 e. The first-order valence-electron chi connectivity index (χ1n) is 6.37. The summed E-state index contributed by atoms with van der Waals surface area (Å²) in [5.74, 6) is -0.273. The fourth-order valence-corrected chi connectivity index (χ4v) is 3.11. The van der Waals surface area contributed by atoms with Gasteiger partial charge in [-0.2, -0.15) is 0 Å². The first-order valence-corrected chi connectivity index (χ1v) is 7.98. The minimum Gasteiger partial charge on any atom is -0.508 e. The summed E-state index contributed by atoms with van der Waals surface area (Å²) in [7, 11) is 0. The van der Waals surface area contributed by atoms with Gasteiger partial charge in [0, 0.05) is 4.47 Å². The van der Waals surface area contributed by atoms with Gasteiger partial charge in [-0.25, -0.2) is 4.90 Å². The number of benzene rings is 2. The summed E-state index contributed by atoms with van der Waals surface area (Å²) in [6, 6.07) is 13.4. The van der Waals surface area contributed by atoms with Gasteiger partial charge in [-0.3, -0.25) is 9.59 Å². The van der Waals surface area contributed by atoms with Gasteiger partial charge in [0.15, 0.2) is 0 Å². The predicted octanol–water partition coefficient (Wildman–Crippen LogP) is 4.40. The molecule has 1 aliphatic rings. The lowest BCUT2D eigenvalue weighted by Gasteiger charge is -2.12. The first kappa shape index (κ1) is 14.9. The molecule has 22 heavy (non-hydrogen) atoms. The smallest absolute Gasteiger partial charge is 0.298 e. The molecule has 1 N–H and O–H groups in total. The maximum absolute atomic E-state index is 12.4. The zero-order valence-corrected chi connectivity index (χ0v) is 13.6. The number of phenols is 1. The number of halogens is 1. The second-order valence-corrected chi connectivity index (χ2v) is 6.49. The molecule has 0 atom stereocenters. The minimum absolute atomic E-state index is 0.0844. The number of imide groups is 1. The van der Waals surface area contributed by atoms with Crippen molar-refractivity contribution in [3.05, 3.63) is 63.5 Å².